The second kappa shape index (κ2) is 9.69. The van der Waals surface area contributed by atoms with Gasteiger partial charge in [0.15, 0.2) is 5.82 Å². The molecule has 1 aromatic carbocycles. The average Bonchev–Trinajstić information content (AvgIpc) is 2.85. The maximum atomic E-state index is 10.7. The topological polar surface area (TPSA) is 61.7 Å². The van der Waals surface area contributed by atoms with E-state index < -0.39 is 6.10 Å². The van der Waals surface area contributed by atoms with E-state index in [-0.39, 0.29) is 0 Å². The van der Waals surface area contributed by atoms with Crippen molar-refractivity contribution in [1.29, 1.82) is 0 Å². The normalized spacial score (nSPS) is 20.6. The Morgan fingerprint density at radius 1 is 1.00 bits per heavy atom. The summed E-state index contributed by atoms with van der Waals surface area (Å²) in [5.41, 5.74) is 6.06. The summed E-state index contributed by atoms with van der Waals surface area (Å²) in [5.74, 6) is 2.05. The number of aliphatic hydroxyl groups excluding tert-OH is 1. The van der Waals surface area contributed by atoms with Crippen LogP contribution in [0.3, 0.4) is 0 Å². The van der Waals surface area contributed by atoms with E-state index in [0.29, 0.717) is 6.54 Å². The zero-order chi connectivity index (χ0) is 21.9. The van der Waals surface area contributed by atoms with E-state index in [2.05, 4.69) is 34.9 Å². The Morgan fingerprint density at radius 3 is 2.53 bits per heavy atom. The Kier molecular flexibility index (Phi) is 6.53. The summed E-state index contributed by atoms with van der Waals surface area (Å²) in [4.78, 5) is 14.8. The Labute approximate surface area is 190 Å². The van der Waals surface area contributed by atoms with E-state index in [1.807, 2.05) is 12.1 Å². The molecule has 1 N–H and O–H groups in total. The molecule has 6 heteroatoms. The van der Waals surface area contributed by atoms with Crippen LogP contribution in [0, 0.1) is 6.92 Å². The molecule has 170 valence electrons. The molecule has 0 unspecified atom stereocenters. The molecule has 2 aliphatic heterocycles. The summed E-state index contributed by atoms with van der Waals surface area (Å²) in [6.07, 6.45) is 7.32. The minimum Gasteiger partial charge on any atom is -0.387 e. The summed E-state index contributed by atoms with van der Waals surface area (Å²) in [6, 6.07) is 8.18. The molecule has 1 atom stereocenters. The first-order valence-electron chi connectivity index (χ1n) is 12.1. The molecule has 1 aromatic heterocycles. The number of anilines is 1. The Balaban J connectivity index is 1.31. The summed E-state index contributed by atoms with van der Waals surface area (Å²) < 4.78 is 5.57. The zero-order valence-corrected chi connectivity index (χ0v) is 19.1. The van der Waals surface area contributed by atoms with E-state index in [1.165, 1.54) is 35.2 Å². The van der Waals surface area contributed by atoms with Crippen LogP contribution >= 0.6 is 0 Å². The van der Waals surface area contributed by atoms with Gasteiger partial charge in [0.2, 0.25) is 0 Å². The van der Waals surface area contributed by atoms with Gasteiger partial charge in [0.1, 0.15) is 5.82 Å². The number of rotatable bonds is 5. The molecule has 32 heavy (non-hydrogen) atoms. The van der Waals surface area contributed by atoms with Gasteiger partial charge in [-0.2, -0.15) is 0 Å². The molecular formula is C26H34N4O2. The van der Waals surface area contributed by atoms with Crippen LogP contribution in [0.2, 0.25) is 0 Å². The summed E-state index contributed by atoms with van der Waals surface area (Å²) in [7, 11) is 0. The predicted octanol–water partition coefficient (Wildman–Crippen LogP) is 3.32. The molecule has 3 heterocycles. The zero-order valence-electron chi connectivity index (χ0n) is 19.1. The van der Waals surface area contributed by atoms with Crippen LogP contribution in [0.1, 0.15) is 53.6 Å². The monoisotopic (exact) mass is 434 g/mol. The molecule has 3 aliphatic rings. The van der Waals surface area contributed by atoms with E-state index in [9.17, 15) is 5.11 Å². The minimum atomic E-state index is -0.460. The number of aryl methyl sites for hydroxylation is 2. The van der Waals surface area contributed by atoms with Gasteiger partial charge >= 0.3 is 0 Å². The summed E-state index contributed by atoms with van der Waals surface area (Å²) in [5, 5.41) is 10.7. The molecular weight excluding hydrogens is 400 g/mol. The Hall–Kier alpha value is -2.28. The van der Waals surface area contributed by atoms with Gasteiger partial charge in [0.25, 0.3) is 0 Å². The van der Waals surface area contributed by atoms with Gasteiger partial charge in [-0.1, -0.05) is 35.9 Å². The molecule has 0 bridgehead atoms. The molecule has 1 aliphatic carbocycles. The number of morpholine rings is 1. The smallest absolute Gasteiger partial charge is 0.157 e. The van der Waals surface area contributed by atoms with Crippen molar-refractivity contribution >= 4 is 11.4 Å². The molecule has 0 spiro atoms. The lowest BCUT2D eigenvalue weighted by atomic mass is 9.95. The molecule has 0 amide bonds. The molecule has 6 nitrogen and oxygen atoms in total. The van der Waals surface area contributed by atoms with Crippen molar-refractivity contribution in [2.75, 3.05) is 50.8 Å². The number of hydrogen-bond donors (Lipinski definition) is 1. The average molecular weight is 435 g/mol. The van der Waals surface area contributed by atoms with Gasteiger partial charge in [-0.05, 0) is 50.2 Å². The lowest BCUT2D eigenvalue weighted by Crippen LogP contribution is -2.38. The van der Waals surface area contributed by atoms with Gasteiger partial charge in [-0.15, -0.1) is 0 Å². The van der Waals surface area contributed by atoms with Crippen molar-refractivity contribution in [2.24, 2.45) is 0 Å². The van der Waals surface area contributed by atoms with Crippen LogP contribution in [-0.2, 0) is 17.6 Å². The van der Waals surface area contributed by atoms with Crippen LogP contribution in [0.5, 0.6) is 0 Å². The Morgan fingerprint density at radius 2 is 1.78 bits per heavy atom. The number of benzene rings is 1. The van der Waals surface area contributed by atoms with Crippen LogP contribution < -0.4 is 4.90 Å². The summed E-state index contributed by atoms with van der Waals surface area (Å²) in [6.45, 7) is 7.83. The number of aliphatic hydroxyl groups is 1. The van der Waals surface area contributed by atoms with Gasteiger partial charge in [-0.3, -0.25) is 4.90 Å². The number of β-amino-alcohol motifs (C(OH)–C–C–N with tert-alkyl or cyclic N) is 1. The van der Waals surface area contributed by atoms with Crippen molar-refractivity contribution in [3.63, 3.8) is 0 Å². The van der Waals surface area contributed by atoms with Gasteiger partial charge in [0, 0.05) is 44.0 Å². The first-order valence-corrected chi connectivity index (χ1v) is 12.1. The number of nitrogens with zero attached hydrogens (tertiary/aromatic N) is 4. The number of fused-ring (bicyclic) bond motifs is 1. The summed E-state index contributed by atoms with van der Waals surface area (Å²) >= 11 is 0. The van der Waals surface area contributed by atoms with Crippen LogP contribution in [0.4, 0.5) is 5.82 Å². The third kappa shape index (κ3) is 4.72. The van der Waals surface area contributed by atoms with Crippen molar-refractivity contribution in [2.45, 2.75) is 45.1 Å². The van der Waals surface area contributed by atoms with E-state index >= 15 is 0 Å². The van der Waals surface area contributed by atoms with Gasteiger partial charge in [-0.25, -0.2) is 9.97 Å². The third-order valence-corrected chi connectivity index (χ3v) is 6.95. The van der Waals surface area contributed by atoms with Crippen molar-refractivity contribution in [1.82, 2.24) is 14.9 Å². The molecule has 1 saturated heterocycles. The fourth-order valence-corrected chi connectivity index (χ4v) is 4.97. The number of aromatic nitrogens is 2. The van der Waals surface area contributed by atoms with Gasteiger partial charge < -0.3 is 14.7 Å². The molecule has 1 fully saturated rings. The SMILES string of the molecule is Cc1ccc([C@H](O)CN2CC=C(c3nc4c(c(N5CCOCC5)n3)CCCC4)CC2)cc1. The van der Waals surface area contributed by atoms with Crippen molar-refractivity contribution < 1.29 is 9.84 Å². The minimum absolute atomic E-state index is 0.460. The maximum absolute atomic E-state index is 10.7. The molecule has 0 radical (unpaired) electrons. The first kappa shape index (κ1) is 21.6. The fraction of sp³-hybridized carbons (Fsp3) is 0.538. The fourth-order valence-electron chi connectivity index (χ4n) is 4.97. The second-order valence-electron chi connectivity index (χ2n) is 9.27. The molecule has 2 aromatic rings. The highest BCUT2D eigenvalue weighted by Crippen LogP contribution is 2.31. The van der Waals surface area contributed by atoms with Gasteiger partial charge in [0.05, 0.1) is 19.3 Å². The predicted molar refractivity (Wildman–Crippen MR) is 127 cm³/mol. The van der Waals surface area contributed by atoms with E-state index in [0.717, 1.165) is 75.9 Å². The lowest BCUT2D eigenvalue weighted by Gasteiger charge is -2.32. The van der Waals surface area contributed by atoms with Crippen LogP contribution in [0.15, 0.2) is 30.3 Å². The van der Waals surface area contributed by atoms with Crippen LogP contribution in [-0.4, -0.2) is 65.9 Å². The van der Waals surface area contributed by atoms with Crippen molar-refractivity contribution in [3.05, 3.63) is 58.6 Å². The molecule has 5 rings (SSSR count). The molecule has 0 saturated carbocycles. The number of hydrogen-bond acceptors (Lipinski definition) is 6. The standard InChI is InChI=1S/C26H34N4O2/c1-19-6-8-20(9-7-19)24(31)18-29-12-10-21(11-13-29)25-27-23-5-3-2-4-22(23)26(28-25)30-14-16-32-17-15-30/h6-10,24,31H,2-5,11-18H2,1H3/t24-/m1/s1. The maximum Gasteiger partial charge on any atom is 0.157 e. The highest BCUT2D eigenvalue weighted by atomic mass is 16.5. The highest BCUT2D eigenvalue weighted by Gasteiger charge is 2.25. The largest absolute Gasteiger partial charge is 0.387 e. The number of ether oxygens (including phenoxy) is 1. The second-order valence-corrected chi connectivity index (χ2v) is 9.27. The first-order chi connectivity index (χ1) is 15.7. The van der Waals surface area contributed by atoms with Crippen molar-refractivity contribution in [3.8, 4) is 0 Å². The van der Waals surface area contributed by atoms with E-state index in [1.54, 1.807) is 0 Å². The Bertz CT molecular complexity index is 967. The highest BCUT2D eigenvalue weighted by molar-refractivity contribution is 5.64. The van der Waals surface area contributed by atoms with Crippen LogP contribution in [0.25, 0.3) is 5.57 Å². The lowest BCUT2D eigenvalue weighted by molar-refractivity contribution is 0.119. The van der Waals surface area contributed by atoms with E-state index in [4.69, 9.17) is 14.7 Å². The third-order valence-electron chi connectivity index (χ3n) is 6.95. The quantitative estimate of drug-likeness (QED) is 0.779.